The van der Waals surface area contributed by atoms with Crippen LogP contribution in [0, 0.1) is 6.92 Å². The number of carboxylic acid groups (broad SMARTS) is 1. The molecule has 0 spiro atoms. The highest BCUT2D eigenvalue weighted by atomic mass is 32.1. The van der Waals surface area contributed by atoms with Crippen LogP contribution in [0.25, 0.3) is 10.7 Å². The van der Waals surface area contributed by atoms with Crippen LogP contribution in [-0.2, 0) is 6.54 Å². The van der Waals surface area contributed by atoms with Crippen molar-refractivity contribution < 1.29 is 14.3 Å². The predicted molar refractivity (Wildman–Crippen MR) is 75.0 cm³/mol. The minimum atomic E-state index is -1.04. The molecule has 3 rings (SSSR count). The number of furan rings is 1. The fourth-order valence-corrected chi connectivity index (χ4v) is 2.81. The number of rotatable bonds is 4. The van der Waals surface area contributed by atoms with E-state index in [1.54, 1.807) is 30.5 Å². The third kappa shape index (κ3) is 2.25. The van der Waals surface area contributed by atoms with Crippen LogP contribution >= 0.6 is 11.3 Å². The monoisotopic (exact) mass is 288 g/mol. The van der Waals surface area contributed by atoms with Gasteiger partial charge in [-0.1, -0.05) is 6.07 Å². The van der Waals surface area contributed by atoms with Crippen LogP contribution in [0.4, 0.5) is 0 Å². The fraction of sp³-hybridized carbons (Fsp3) is 0.143. The summed E-state index contributed by atoms with van der Waals surface area (Å²) in [6.45, 7) is 2.19. The van der Waals surface area contributed by atoms with E-state index in [4.69, 9.17) is 9.52 Å². The maximum atomic E-state index is 11.0. The SMILES string of the molecule is Cc1cc(Cn2ccnc2-c2cccs2)oc1C(=O)O. The van der Waals surface area contributed by atoms with Crippen LogP contribution in [0.15, 0.2) is 40.4 Å². The fourth-order valence-electron chi connectivity index (χ4n) is 2.07. The summed E-state index contributed by atoms with van der Waals surface area (Å²) < 4.78 is 7.32. The molecule has 0 unspecified atom stereocenters. The van der Waals surface area contributed by atoms with Crippen LogP contribution in [-0.4, -0.2) is 20.6 Å². The minimum absolute atomic E-state index is 0.00205. The van der Waals surface area contributed by atoms with Gasteiger partial charge < -0.3 is 14.1 Å². The normalized spacial score (nSPS) is 10.8. The number of hydrogen-bond donors (Lipinski definition) is 1. The van der Waals surface area contributed by atoms with Gasteiger partial charge in [0.2, 0.25) is 5.76 Å². The van der Waals surface area contributed by atoms with Crippen molar-refractivity contribution in [2.24, 2.45) is 0 Å². The summed E-state index contributed by atoms with van der Waals surface area (Å²) in [6.07, 6.45) is 3.58. The molecule has 102 valence electrons. The van der Waals surface area contributed by atoms with E-state index in [1.165, 1.54) is 0 Å². The van der Waals surface area contributed by atoms with Gasteiger partial charge in [0.1, 0.15) is 11.6 Å². The number of nitrogens with zero attached hydrogens (tertiary/aromatic N) is 2. The third-order valence-corrected chi connectivity index (χ3v) is 3.81. The van der Waals surface area contributed by atoms with E-state index < -0.39 is 5.97 Å². The number of carbonyl (C=O) groups is 1. The van der Waals surface area contributed by atoms with Gasteiger partial charge in [0.25, 0.3) is 0 Å². The van der Waals surface area contributed by atoms with Gasteiger partial charge in [-0.3, -0.25) is 0 Å². The quantitative estimate of drug-likeness (QED) is 0.800. The summed E-state index contributed by atoms with van der Waals surface area (Å²) in [5.41, 5.74) is 0.630. The van der Waals surface area contributed by atoms with E-state index in [9.17, 15) is 4.79 Å². The summed E-state index contributed by atoms with van der Waals surface area (Å²) in [7, 11) is 0. The molecule has 0 amide bonds. The Morgan fingerprint density at radius 1 is 1.55 bits per heavy atom. The Balaban J connectivity index is 1.91. The lowest BCUT2D eigenvalue weighted by Crippen LogP contribution is -1.99. The largest absolute Gasteiger partial charge is 0.475 e. The molecule has 0 aromatic carbocycles. The topological polar surface area (TPSA) is 68.3 Å². The van der Waals surface area contributed by atoms with E-state index in [2.05, 4.69) is 4.98 Å². The Labute approximate surface area is 119 Å². The predicted octanol–water partition coefficient (Wildman–Crippen LogP) is 3.26. The van der Waals surface area contributed by atoms with E-state index in [1.807, 2.05) is 28.3 Å². The zero-order chi connectivity index (χ0) is 14.1. The Hall–Kier alpha value is -2.34. The number of hydrogen-bond acceptors (Lipinski definition) is 4. The molecule has 0 aliphatic rings. The molecule has 0 saturated carbocycles. The lowest BCUT2D eigenvalue weighted by molar-refractivity contribution is 0.0659. The molecule has 0 fully saturated rings. The second kappa shape index (κ2) is 4.97. The molecule has 3 aromatic heterocycles. The molecule has 20 heavy (non-hydrogen) atoms. The Morgan fingerprint density at radius 3 is 3.05 bits per heavy atom. The Kier molecular flexibility index (Phi) is 3.15. The van der Waals surface area contributed by atoms with Gasteiger partial charge in [0.15, 0.2) is 0 Å². The summed E-state index contributed by atoms with van der Waals surface area (Å²) >= 11 is 1.61. The lowest BCUT2D eigenvalue weighted by atomic mass is 10.2. The van der Waals surface area contributed by atoms with Crippen molar-refractivity contribution in [2.45, 2.75) is 13.5 Å². The molecular formula is C14H12N2O3S. The van der Waals surface area contributed by atoms with Gasteiger partial charge >= 0.3 is 5.97 Å². The molecule has 3 aromatic rings. The van der Waals surface area contributed by atoms with E-state index >= 15 is 0 Å². The smallest absolute Gasteiger partial charge is 0.372 e. The summed E-state index contributed by atoms with van der Waals surface area (Å²) in [5.74, 6) is 0.414. The molecular weight excluding hydrogens is 276 g/mol. The summed E-state index contributed by atoms with van der Waals surface area (Å²) in [6, 6.07) is 5.72. The number of aryl methyl sites for hydroxylation is 1. The zero-order valence-corrected chi connectivity index (χ0v) is 11.6. The van der Waals surface area contributed by atoms with Gasteiger partial charge in [0, 0.05) is 18.0 Å². The molecule has 5 nitrogen and oxygen atoms in total. The molecule has 0 aliphatic carbocycles. The summed E-state index contributed by atoms with van der Waals surface area (Å²) in [5, 5.41) is 11.0. The maximum absolute atomic E-state index is 11.0. The van der Waals surface area contributed by atoms with Gasteiger partial charge in [-0.2, -0.15) is 0 Å². The molecule has 0 radical (unpaired) electrons. The van der Waals surface area contributed by atoms with E-state index in [-0.39, 0.29) is 5.76 Å². The van der Waals surface area contributed by atoms with Crippen LogP contribution in [0.5, 0.6) is 0 Å². The van der Waals surface area contributed by atoms with Crippen molar-refractivity contribution in [3.8, 4) is 10.7 Å². The van der Waals surface area contributed by atoms with Crippen molar-refractivity contribution in [2.75, 3.05) is 0 Å². The molecule has 0 bridgehead atoms. The average Bonchev–Trinajstić information content (AvgIpc) is 3.09. The average molecular weight is 288 g/mol. The first-order valence-corrected chi connectivity index (χ1v) is 6.90. The highest BCUT2D eigenvalue weighted by molar-refractivity contribution is 7.13. The van der Waals surface area contributed by atoms with Crippen molar-refractivity contribution in [3.05, 3.63) is 53.1 Å². The number of thiophene rings is 1. The van der Waals surface area contributed by atoms with Gasteiger partial charge in [-0.15, -0.1) is 11.3 Å². The second-order valence-corrected chi connectivity index (χ2v) is 5.33. The molecule has 6 heteroatoms. The zero-order valence-electron chi connectivity index (χ0n) is 10.7. The first-order chi connectivity index (χ1) is 9.65. The van der Waals surface area contributed by atoms with Crippen LogP contribution in [0.3, 0.4) is 0 Å². The highest BCUT2D eigenvalue weighted by Gasteiger charge is 2.15. The van der Waals surface area contributed by atoms with Crippen molar-refractivity contribution in [1.29, 1.82) is 0 Å². The first kappa shape index (κ1) is 12.7. The van der Waals surface area contributed by atoms with Gasteiger partial charge in [-0.05, 0) is 24.4 Å². The van der Waals surface area contributed by atoms with Crippen LogP contribution < -0.4 is 0 Å². The number of carboxylic acids is 1. The molecule has 1 N–H and O–H groups in total. The minimum Gasteiger partial charge on any atom is -0.475 e. The number of imidazole rings is 1. The van der Waals surface area contributed by atoms with Crippen molar-refractivity contribution in [1.82, 2.24) is 9.55 Å². The number of aromatic carboxylic acids is 1. The van der Waals surface area contributed by atoms with Crippen LogP contribution in [0.2, 0.25) is 0 Å². The molecule has 3 heterocycles. The lowest BCUT2D eigenvalue weighted by Gasteiger charge is -2.03. The first-order valence-electron chi connectivity index (χ1n) is 6.03. The van der Waals surface area contributed by atoms with Crippen molar-refractivity contribution in [3.63, 3.8) is 0 Å². The van der Waals surface area contributed by atoms with Gasteiger partial charge in [0.05, 0.1) is 11.4 Å². The Morgan fingerprint density at radius 2 is 2.40 bits per heavy atom. The standard InChI is InChI=1S/C14H12N2O3S/c1-9-7-10(19-12(9)14(17)18)8-16-5-4-15-13(16)11-3-2-6-20-11/h2-7H,8H2,1H3,(H,17,18). The Bertz CT molecular complexity index is 740. The third-order valence-electron chi connectivity index (χ3n) is 2.95. The van der Waals surface area contributed by atoms with E-state index in [0.29, 0.717) is 17.9 Å². The second-order valence-electron chi connectivity index (χ2n) is 4.39. The van der Waals surface area contributed by atoms with Gasteiger partial charge in [-0.25, -0.2) is 9.78 Å². The van der Waals surface area contributed by atoms with E-state index in [0.717, 1.165) is 10.7 Å². The summed E-state index contributed by atoms with van der Waals surface area (Å²) in [4.78, 5) is 16.4. The van der Waals surface area contributed by atoms with Crippen molar-refractivity contribution >= 4 is 17.3 Å². The number of aromatic nitrogens is 2. The molecule has 0 atom stereocenters. The molecule has 0 aliphatic heterocycles. The van der Waals surface area contributed by atoms with Crippen LogP contribution in [0.1, 0.15) is 21.9 Å². The highest BCUT2D eigenvalue weighted by Crippen LogP contribution is 2.24. The maximum Gasteiger partial charge on any atom is 0.372 e. The molecule has 0 saturated heterocycles.